The second-order valence-corrected chi connectivity index (χ2v) is 8.04. The molecule has 3 aromatic carbocycles. The maximum Gasteiger partial charge on any atom is 0.325 e. The van der Waals surface area contributed by atoms with Crippen molar-refractivity contribution in [2.75, 3.05) is 12.1 Å². The van der Waals surface area contributed by atoms with Crippen LogP contribution >= 0.6 is 0 Å². The Morgan fingerprint density at radius 2 is 1.79 bits per heavy atom. The van der Waals surface area contributed by atoms with Gasteiger partial charge in [0.2, 0.25) is 6.79 Å². The normalized spacial score (nSPS) is 18.9. The van der Waals surface area contributed by atoms with Crippen LogP contribution < -0.4 is 20.1 Å². The Labute approximate surface area is 190 Å². The number of amides is 4. The maximum absolute atomic E-state index is 13.3. The zero-order chi connectivity index (χ0) is 23.0. The number of carbonyl (C=O) groups excluding carboxylic acids is 3. The first-order chi connectivity index (χ1) is 15.9. The van der Waals surface area contributed by atoms with E-state index >= 15 is 0 Å². The molecule has 2 heterocycles. The molecule has 8 heteroatoms. The highest BCUT2D eigenvalue weighted by molar-refractivity contribution is 6.07. The third-order valence-corrected chi connectivity index (χ3v) is 5.79. The molecule has 5 rings (SSSR count). The van der Waals surface area contributed by atoms with Crippen molar-refractivity contribution in [3.8, 4) is 11.5 Å². The molecular formula is C25H21N3O5. The van der Waals surface area contributed by atoms with Gasteiger partial charge >= 0.3 is 6.03 Å². The molecule has 3 aromatic rings. The summed E-state index contributed by atoms with van der Waals surface area (Å²) in [4.78, 5) is 39.8. The quantitative estimate of drug-likeness (QED) is 0.587. The number of para-hydroxylation sites is 1. The van der Waals surface area contributed by atoms with E-state index in [9.17, 15) is 14.4 Å². The van der Waals surface area contributed by atoms with Crippen LogP contribution in [-0.4, -0.2) is 29.5 Å². The minimum absolute atomic E-state index is 0.0390. The summed E-state index contributed by atoms with van der Waals surface area (Å²) in [7, 11) is 0. The first-order valence-electron chi connectivity index (χ1n) is 10.4. The van der Waals surface area contributed by atoms with Crippen LogP contribution in [0.4, 0.5) is 10.5 Å². The van der Waals surface area contributed by atoms with Gasteiger partial charge in [-0.1, -0.05) is 36.4 Å². The number of fused-ring (bicyclic) bond motifs is 1. The third kappa shape index (κ3) is 3.76. The van der Waals surface area contributed by atoms with Crippen molar-refractivity contribution in [3.63, 3.8) is 0 Å². The van der Waals surface area contributed by atoms with E-state index < -0.39 is 11.6 Å². The summed E-state index contributed by atoms with van der Waals surface area (Å²) < 4.78 is 10.7. The van der Waals surface area contributed by atoms with E-state index in [-0.39, 0.29) is 25.2 Å². The monoisotopic (exact) mass is 443 g/mol. The second kappa shape index (κ2) is 7.98. The largest absolute Gasteiger partial charge is 0.454 e. The molecule has 0 spiro atoms. The van der Waals surface area contributed by atoms with E-state index in [4.69, 9.17) is 9.47 Å². The Balaban J connectivity index is 1.34. The zero-order valence-electron chi connectivity index (χ0n) is 17.8. The van der Waals surface area contributed by atoms with Crippen LogP contribution in [0, 0.1) is 0 Å². The van der Waals surface area contributed by atoms with Crippen molar-refractivity contribution in [2.45, 2.75) is 19.0 Å². The van der Waals surface area contributed by atoms with E-state index in [2.05, 4.69) is 10.6 Å². The molecule has 0 aromatic heterocycles. The lowest BCUT2D eigenvalue weighted by molar-refractivity contribution is -0.131. The summed E-state index contributed by atoms with van der Waals surface area (Å²) in [6.07, 6.45) is 0. The molecule has 4 amide bonds. The molecule has 0 aliphatic carbocycles. The van der Waals surface area contributed by atoms with Gasteiger partial charge in [-0.25, -0.2) is 4.79 Å². The van der Waals surface area contributed by atoms with Gasteiger partial charge in [-0.15, -0.1) is 0 Å². The van der Waals surface area contributed by atoms with Crippen molar-refractivity contribution in [3.05, 3.63) is 89.5 Å². The maximum atomic E-state index is 13.3. The smallest absolute Gasteiger partial charge is 0.325 e. The number of nitrogens with zero attached hydrogens (tertiary/aromatic N) is 1. The van der Waals surface area contributed by atoms with E-state index in [0.29, 0.717) is 33.9 Å². The summed E-state index contributed by atoms with van der Waals surface area (Å²) in [6, 6.07) is 20.7. The molecule has 2 aliphatic heterocycles. The van der Waals surface area contributed by atoms with Gasteiger partial charge in [-0.2, -0.15) is 0 Å². The fraction of sp³-hybridized carbons (Fsp3) is 0.160. The number of urea groups is 1. The fourth-order valence-corrected chi connectivity index (χ4v) is 3.96. The topological polar surface area (TPSA) is 97.0 Å². The number of carbonyl (C=O) groups is 3. The first-order valence-corrected chi connectivity index (χ1v) is 10.4. The van der Waals surface area contributed by atoms with Crippen molar-refractivity contribution < 1.29 is 23.9 Å². The molecule has 33 heavy (non-hydrogen) atoms. The predicted octanol–water partition coefficient (Wildman–Crippen LogP) is 3.63. The van der Waals surface area contributed by atoms with Gasteiger partial charge in [0.05, 0.1) is 6.54 Å². The molecule has 2 N–H and O–H groups in total. The Morgan fingerprint density at radius 1 is 1.00 bits per heavy atom. The molecule has 1 saturated heterocycles. The minimum atomic E-state index is -1.24. The Kier molecular flexibility index (Phi) is 4.97. The number of hydrogen-bond acceptors (Lipinski definition) is 5. The number of benzene rings is 3. The highest BCUT2D eigenvalue weighted by Crippen LogP contribution is 2.38. The van der Waals surface area contributed by atoms with Crippen LogP contribution in [0.1, 0.15) is 28.4 Å². The van der Waals surface area contributed by atoms with Crippen molar-refractivity contribution in [1.29, 1.82) is 0 Å². The molecule has 166 valence electrons. The molecule has 1 unspecified atom stereocenters. The Bertz CT molecular complexity index is 1260. The standard InChI is InChI=1S/C25H21N3O5/c1-25(18-10-11-20-21(13-18)33-15-32-20)23(30)28(24(31)27-25)14-16-6-5-7-17(12-16)22(29)26-19-8-3-2-4-9-19/h2-13H,14-15H2,1H3,(H,26,29)(H,27,31). The van der Waals surface area contributed by atoms with Gasteiger partial charge in [0.15, 0.2) is 11.5 Å². The van der Waals surface area contributed by atoms with Crippen LogP contribution in [0.3, 0.4) is 0 Å². The molecule has 0 bridgehead atoms. The second-order valence-electron chi connectivity index (χ2n) is 8.04. The van der Waals surface area contributed by atoms with E-state index in [1.54, 1.807) is 61.5 Å². The number of rotatable bonds is 5. The van der Waals surface area contributed by atoms with Crippen LogP contribution in [0.25, 0.3) is 0 Å². The summed E-state index contributed by atoms with van der Waals surface area (Å²) in [6.45, 7) is 1.82. The first kappa shape index (κ1) is 20.6. The minimum Gasteiger partial charge on any atom is -0.454 e. The molecule has 1 fully saturated rings. The van der Waals surface area contributed by atoms with Gasteiger partial charge in [0.1, 0.15) is 5.54 Å². The highest BCUT2D eigenvalue weighted by Gasteiger charge is 2.49. The van der Waals surface area contributed by atoms with E-state index in [1.165, 1.54) is 0 Å². The van der Waals surface area contributed by atoms with Gasteiger partial charge in [-0.3, -0.25) is 14.5 Å². The Hall–Kier alpha value is -4.33. The average molecular weight is 443 g/mol. The van der Waals surface area contributed by atoms with Crippen LogP contribution in [-0.2, 0) is 16.9 Å². The van der Waals surface area contributed by atoms with Crippen molar-refractivity contribution >= 4 is 23.5 Å². The van der Waals surface area contributed by atoms with Crippen molar-refractivity contribution in [1.82, 2.24) is 10.2 Å². The van der Waals surface area contributed by atoms with Gasteiger partial charge in [-0.05, 0) is 54.4 Å². The molecule has 0 radical (unpaired) electrons. The van der Waals surface area contributed by atoms with E-state index in [1.807, 2.05) is 18.2 Å². The zero-order valence-corrected chi connectivity index (χ0v) is 17.8. The third-order valence-electron chi connectivity index (χ3n) is 5.79. The number of anilines is 1. The summed E-state index contributed by atoms with van der Waals surface area (Å²) >= 11 is 0. The predicted molar refractivity (Wildman–Crippen MR) is 120 cm³/mol. The van der Waals surface area contributed by atoms with Gasteiger partial charge in [0, 0.05) is 11.3 Å². The van der Waals surface area contributed by atoms with Gasteiger partial charge in [0.25, 0.3) is 11.8 Å². The highest BCUT2D eigenvalue weighted by atomic mass is 16.7. The van der Waals surface area contributed by atoms with Crippen molar-refractivity contribution in [2.24, 2.45) is 0 Å². The summed E-state index contributed by atoms with van der Waals surface area (Å²) in [5, 5.41) is 5.62. The molecule has 1 atom stereocenters. The molecule has 8 nitrogen and oxygen atoms in total. The van der Waals surface area contributed by atoms with E-state index in [0.717, 1.165) is 4.90 Å². The fourth-order valence-electron chi connectivity index (χ4n) is 3.96. The van der Waals surface area contributed by atoms with Crippen LogP contribution in [0.15, 0.2) is 72.8 Å². The van der Waals surface area contributed by atoms with Crippen LogP contribution in [0.5, 0.6) is 11.5 Å². The number of hydrogen-bond donors (Lipinski definition) is 2. The number of imide groups is 1. The average Bonchev–Trinajstić information content (AvgIpc) is 3.38. The lowest BCUT2D eigenvalue weighted by Gasteiger charge is -2.22. The number of ether oxygens (including phenoxy) is 2. The molecule has 2 aliphatic rings. The van der Waals surface area contributed by atoms with Crippen LogP contribution in [0.2, 0.25) is 0 Å². The summed E-state index contributed by atoms with van der Waals surface area (Å²) in [5.74, 6) is 0.476. The molecular weight excluding hydrogens is 422 g/mol. The molecule has 0 saturated carbocycles. The number of nitrogens with one attached hydrogen (secondary N) is 2. The Morgan fingerprint density at radius 3 is 2.61 bits per heavy atom. The van der Waals surface area contributed by atoms with Gasteiger partial charge < -0.3 is 20.1 Å². The SMILES string of the molecule is CC1(c2ccc3c(c2)OCO3)NC(=O)N(Cc2cccc(C(=O)Nc3ccccc3)c2)C1=O. The summed E-state index contributed by atoms with van der Waals surface area (Å²) in [5.41, 5.74) is 1.14. The lowest BCUT2D eigenvalue weighted by atomic mass is 9.91. The lowest BCUT2D eigenvalue weighted by Crippen LogP contribution is -2.40.